The van der Waals surface area contributed by atoms with Gasteiger partial charge in [-0.05, 0) is 37.5 Å². The van der Waals surface area contributed by atoms with Crippen LogP contribution in [0.3, 0.4) is 0 Å². The van der Waals surface area contributed by atoms with Crippen molar-refractivity contribution in [2.45, 2.75) is 51.5 Å². The topological polar surface area (TPSA) is 23.5 Å². The second-order valence-electron chi connectivity index (χ2n) is 5.74. The molecule has 2 fully saturated rings. The zero-order chi connectivity index (χ0) is 10.9. The number of aliphatic hydroxyl groups is 1. The molecule has 2 nitrogen and oxygen atoms in total. The smallest absolute Gasteiger partial charge is 0.0615 e. The summed E-state index contributed by atoms with van der Waals surface area (Å²) in [5.74, 6) is 1.76. The van der Waals surface area contributed by atoms with Crippen molar-refractivity contribution in [3.8, 4) is 0 Å². The van der Waals surface area contributed by atoms with E-state index in [1.165, 1.54) is 45.2 Å². The maximum atomic E-state index is 9.68. The lowest BCUT2D eigenvalue weighted by molar-refractivity contribution is -0.0722. The summed E-state index contributed by atoms with van der Waals surface area (Å²) >= 11 is 0. The molecule has 1 saturated carbocycles. The molecule has 15 heavy (non-hydrogen) atoms. The first-order valence-corrected chi connectivity index (χ1v) is 6.56. The monoisotopic (exact) mass is 211 g/mol. The van der Waals surface area contributed by atoms with E-state index in [2.05, 4.69) is 18.7 Å². The van der Waals surface area contributed by atoms with Crippen molar-refractivity contribution in [1.82, 2.24) is 4.90 Å². The van der Waals surface area contributed by atoms with E-state index in [0.29, 0.717) is 6.61 Å². The molecule has 1 N–H and O–H groups in total. The number of rotatable bonds is 3. The Kier molecular flexibility index (Phi) is 3.36. The molecule has 1 aliphatic heterocycles. The van der Waals surface area contributed by atoms with Gasteiger partial charge in [-0.3, -0.25) is 4.90 Å². The number of likely N-dealkylation sites (tertiary alicyclic amines) is 1. The summed E-state index contributed by atoms with van der Waals surface area (Å²) in [6.45, 7) is 7.44. The third kappa shape index (κ3) is 2.07. The standard InChI is InChI=1S/C13H25NO/c1-3-12-8-14(9-12)13(10-15)6-4-11(2)5-7-13/h11-12,15H,3-10H2,1-2H3. The number of hydrogen-bond donors (Lipinski definition) is 1. The van der Waals surface area contributed by atoms with Gasteiger partial charge in [-0.15, -0.1) is 0 Å². The quantitative estimate of drug-likeness (QED) is 0.774. The summed E-state index contributed by atoms with van der Waals surface area (Å²) in [6, 6.07) is 0. The normalized spacial score (nSPS) is 39.0. The summed E-state index contributed by atoms with van der Waals surface area (Å²) in [6.07, 6.45) is 6.32. The van der Waals surface area contributed by atoms with Crippen molar-refractivity contribution in [2.24, 2.45) is 11.8 Å². The van der Waals surface area contributed by atoms with E-state index in [1.807, 2.05) is 0 Å². The average Bonchev–Trinajstić information content (AvgIpc) is 2.20. The molecule has 88 valence electrons. The Hall–Kier alpha value is -0.0800. The van der Waals surface area contributed by atoms with E-state index in [0.717, 1.165) is 11.8 Å². The minimum atomic E-state index is 0.165. The summed E-state index contributed by atoms with van der Waals surface area (Å²) in [4.78, 5) is 2.55. The van der Waals surface area contributed by atoms with Crippen LogP contribution in [0, 0.1) is 11.8 Å². The third-order valence-corrected chi connectivity index (χ3v) is 4.70. The third-order valence-electron chi connectivity index (χ3n) is 4.70. The lowest BCUT2D eigenvalue weighted by atomic mass is 9.74. The van der Waals surface area contributed by atoms with Crippen LogP contribution in [0.15, 0.2) is 0 Å². The highest BCUT2D eigenvalue weighted by Gasteiger charge is 2.43. The molecule has 1 saturated heterocycles. The molecule has 0 amide bonds. The molecule has 0 aromatic rings. The molecule has 0 unspecified atom stereocenters. The summed E-state index contributed by atoms with van der Waals surface area (Å²) < 4.78 is 0. The Bertz CT molecular complexity index is 203. The zero-order valence-electron chi connectivity index (χ0n) is 10.2. The number of nitrogens with zero attached hydrogens (tertiary/aromatic N) is 1. The van der Waals surface area contributed by atoms with Crippen molar-refractivity contribution in [3.63, 3.8) is 0 Å². The predicted molar refractivity (Wildman–Crippen MR) is 62.8 cm³/mol. The van der Waals surface area contributed by atoms with Crippen LogP contribution in [0.2, 0.25) is 0 Å². The van der Waals surface area contributed by atoms with Crippen LogP contribution in [-0.4, -0.2) is 35.2 Å². The summed E-state index contributed by atoms with van der Waals surface area (Å²) in [5, 5.41) is 9.68. The van der Waals surface area contributed by atoms with Crippen LogP contribution in [0.5, 0.6) is 0 Å². The van der Waals surface area contributed by atoms with Crippen molar-refractivity contribution in [2.75, 3.05) is 19.7 Å². The van der Waals surface area contributed by atoms with E-state index in [1.54, 1.807) is 0 Å². The molecule has 1 aliphatic carbocycles. The van der Waals surface area contributed by atoms with E-state index >= 15 is 0 Å². The van der Waals surface area contributed by atoms with Crippen LogP contribution in [-0.2, 0) is 0 Å². The van der Waals surface area contributed by atoms with E-state index in [-0.39, 0.29) is 5.54 Å². The minimum Gasteiger partial charge on any atom is -0.394 e. The first-order chi connectivity index (χ1) is 7.20. The molecule has 0 aromatic carbocycles. The maximum absolute atomic E-state index is 9.68. The lowest BCUT2D eigenvalue weighted by Crippen LogP contribution is -2.62. The van der Waals surface area contributed by atoms with Crippen LogP contribution in [0.1, 0.15) is 46.0 Å². The van der Waals surface area contributed by atoms with Gasteiger partial charge in [0.15, 0.2) is 0 Å². The van der Waals surface area contributed by atoms with E-state index in [4.69, 9.17) is 0 Å². The second kappa shape index (κ2) is 4.42. The molecule has 0 radical (unpaired) electrons. The maximum Gasteiger partial charge on any atom is 0.0615 e. The number of hydrogen-bond acceptors (Lipinski definition) is 2. The Morgan fingerprint density at radius 2 is 1.87 bits per heavy atom. The Balaban J connectivity index is 1.92. The van der Waals surface area contributed by atoms with Gasteiger partial charge >= 0.3 is 0 Å². The Morgan fingerprint density at radius 3 is 2.33 bits per heavy atom. The highest BCUT2D eigenvalue weighted by molar-refractivity contribution is 4.99. The molecule has 1 heterocycles. The van der Waals surface area contributed by atoms with Gasteiger partial charge < -0.3 is 5.11 Å². The highest BCUT2D eigenvalue weighted by Crippen LogP contribution is 2.40. The largest absolute Gasteiger partial charge is 0.394 e. The van der Waals surface area contributed by atoms with Gasteiger partial charge in [-0.25, -0.2) is 0 Å². The van der Waals surface area contributed by atoms with E-state index in [9.17, 15) is 5.11 Å². The van der Waals surface area contributed by atoms with Gasteiger partial charge in [-0.1, -0.05) is 20.3 Å². The molecule has 0 bridgehead atoms. The van der Waals surface area contributed by atoms with Gasteiger partial charge in [0.2, 0.25) is 0 Å². The van der Waals surface area contributed by atoms with Gasteiger partial charge in [0.05, 0.1) is 6.61 Å². The van der Waals surface area contributed by atoms with Gasteiger partial charge in [0.25, 0.3) is 0 Å². The average molecular weight is 211 g/mol. The summed E-state index contributed by atoms with van der Waals surface area (Å²) in [5.41, 5.74) is 0.165. The van der Waals surface area contributed by atoms with Crippen molar-refractivity contribution < 1.29 is 5.11 Å². The van der Waals surface area contributed by atoms with E-state index < -0.39 is 0 Å². The predicted octanol–water partition coefficient (Wildman–Crippen LogP) is 2.27. The lowest BCUT2D eigenvalue weighted by Gasteiger charge is -2.54. The molecule has 2 heteroatoms. The van der Waals surface area contributed by atoms with Crippen LogP contribution in [0.4, 0.5) is 0 Å². The zero-order valence-corrected chi connectivity index (χ0v) is 10.2. The first kappa shape index (κ1) is 11.4. The van der Waals surface area contributed by atoms with Crippen LogP contribution in [0.25, 0.3) is 0 Å². The molecular formula is C13H25NO. The fraction of sp³-hybridized carbons (Fsp3) is 1.00. The van der Waals surface area contributed by atoms with Crippen LogP contribution >= 0.6 is 0 Å². The Labute approximate surface area is 93.7 Å². The Morgan fingerprint density at radius 1 is 1.27 bits per heavy atom. The molecule has 0 aromatic heterocycles. The highest BCUT2D eigenvalue weighted by atomic mass is 16.3. The van der Waals surface area contributed by atoms with Crippen molar-refractivity contribution in [1.29, 1.82) is 0 Å². The molecule has 0 atom stereocenters. The van der Waals surface area contributed by atoms with Crippen molar-refractivity contribution in [3.05, 3.63) is 0 Å². The fourth-order valence-corrected chi connectivity index (χ4v) is 3.09. The van der Waals surface area contributed by atoms with Crippen LogP contribution < -0.4 is 0 Å². The fourth-order valence-electron chi connectivity index (χ4n) is 3.09. The summed E-state index contributed by atoms with van der Waals surface area (Å²) in [7, 11) is 0. The second-order valence-corrected chi connectivity index (χ2v) is 5.74. The molecule has 2 aliphatic rings. The minimum absolute atomic E-state index is 0.165. The van der Waals surface area contributed by atoms with Gasteiger partial charge in [0, 0.05) is 18.6 Å². The van der Waals surface area contributed by atoms with Gasteiger partial charge in [-0.2, -0.15) is 0 Å². The number of aliphatic hydroxyl groups excluding tert-OH is 1. The SMILES string of the molecule is CCC1CN(C2(CO)CCC(C)CC2)C1. The first-order valence-electron chi connectivity index (χ1n) is 6.56. The van der Waals surface area contributed by atoms with Crippen molar-refractivity contribution >= 4 is 0 Å². The molecule has 0 spiro atoms. The molecule has 2 rings (SSSR count). The van der Waals surface area contributed by atoms with Gasteiger partial charge in [0.1, 0.15) is 0 Å². The molecular weight excluding hydrogens is 186 g/mol.